The molecule has 3 aromatic rings. The maximum atomic E-state index is 11.0. The number of hydrogen-bond donors (Lipinski definition) is 1. The maximum absolute atomic E-state index is 11.0. The topological polar surface area (TPSA) is 46.5 Å². The van der Waals surface area contributed by atoms with Gasteiger partial charge < -0.3 is 9.84 Å². The van der Waals surface area contributed by atoms with Crippen molar-refractivity contribution in [3.63, 3.8) is 0 Å². The molecule has 0 radical (unpaired) electrons. The van der Waals surface area contributed by atoms with Crippen LogP contribution in [0.5, 0.6) is 5.75 Å². The van der Waals surface area contributed by atoms with Gasteiger partial charge >= 0.3 is 5.97 Å². The predicted molar refractivity (Wildman–Crippen MR) is 95.5 cm³/mol. The SMILES string of the molecule is O=C(O)CCc1c(OCCc2ccccc2)ccc2ccccc12. The summed E-state index contributed by atoms with van der Waals surface area (Å²) in [4.78, 5) is 11.0. The fourth-order valence-electron chi connectivity index (χ4n) is 2.86. The molecule has 3 nitrogen and oxygen atoms in total. The summed E-state index contributed by atoms with van der Waals surface area (Å²) < 4.78 is 5.99. The van der Waals surface area contributed by atoms with Gasteiger partial charge in [0.2, 0.25) is 0 Å². The second-order valence-corrected chi connectivity index (χ2v) is 5.74. The number of carbonyl (C=O) groups is 1. The van der Waals surface area contributed by atoms with Gasteiger partial charge in [0, 0.05) is 18.4 Å². The molecule has 3 heteroatoms. The number of aliphatic carboxylic acids is 1. The summed E-state index contributed by atoms with van der Waals surface area (Å²) in [6, 6.07) is 22.2. The molecule has 0 aliphatic rings. The summed E-state index contributed by atoms with van der Waals surface area (Å²) in [6.07, 6.45) is 1.40. The highest BCUT2D eigenvalue weighted by Crippen LogP contribution is 2.29. The Morgan fingerprint density at radius 1 is 0.875 bits per heavy atom. The molecular formula is C21H20O3. The molecule has 3 aromatic carbocycles. The highest BCUT2D eigenvalue weighted by molar-refractivity contribution is 5.88. The fourth-order valence-corrected chi connectivity index (χ4v) is 2.86. The zero-order valence-corrected chi connectivity index (χ0v) is 13.4. The van der Waals surface area contributed by atoms with Crippen LogP contribution in [0.15, 0.2) is 66.7 Å². The Kier molecular flexibility index (Phi) is 5.12. The molecule has 0 atom stereocenters. The van der Waals surface area contributed by atoms with Crippen LogP contribution >= 0.6 is 0 Å². The van der Waals surface area contributed by atoms with E-state index in [0.717, 1.165) is 28.5 Å². The van der Waals surface area contributed by atoms with E-state index < -0.39 is 5.97 Å². The first-order valence-electron chi connectivity index (χ1n) is 8.13. The van der Waals surface area contributed by atoms with Crippen LogP contribution in [0.4, 0.5) is 0 Å². The average molecular weight is 320 g/mol. The molecule has 3 rings (SSSR count). The lowest BCUT2D eigenvalue weighted by Gasteiger charge is -2.14. The molecule has 0 bridgehead atoms. The molecule has 0 heterocycles. The van der Waals surface area contributed by atoms with Gasteiger partial charge in [-0.05, 0) is 28.8 Å². The minimum atomic E-state index is -0.793. The number of ether oxygens (including phenoxy) is 1. The van der Waals surface area contributed by atoms with Crippen LogP contribution in [0.1, 0.15) is 17.5 Å². The molecule has 1 N–H and O–H groups in total. The molecular weight excluding hydrogens is 300 g/mol. The number of fused-ring (bicyclic) bond motifs is 1. The van der Waals surface area contributed by atoms with Crippen LogP contribution < -0.4 is 4.74 Å². The standard InChI is InChI=1S/C21H20O3/c22-21(23)13-11-19-18-9-5-4-8-17(18)10-12-20(19)24-15-14-16-6-2-1-3-7-16/h1-10,12H,11,13-15H2,(H,22,23). The Labute approximate surface area is 141 Å². The number of hydrogen-bond acceptors (Lipinski definition) is 2. The minimum absolute atomic E-state index is 0.100. The summed E-state index contributed by atoms with van der Waals surface area (Å²) in [5.41, 5.74) is 2.20. The smallest absolute Gasteiger partial charge is 0.303 e. The quantitative estimate of drug-likeness (QED) is 0.698. The van der Waals surface area contributed by atoms with E-state index in [9.17, 15) is 4.79 Å². The van der Waals surface area contributed by atoms with E-state index in [1.807, 2.05) is 54.6 Å². The van der Waals surface area contributed by atoms with Crippen molar-refractivity contribution in [3.8, 4) is 5.75 Å². The molecule has 0 aliphatic carbocycles. The van der Waals surface area contributed by atoms with E-state index in [4.69, 9.17) is 9.84 Å². The van der Waals surface area contributed by atoms with Crippen molar-refractivity contribution < 1.29 is 14.6 Å². The molecule has 122 valence electrons. The first kappa shape index (κ1) is 16.1. The van der Waals surface area contributed by atoms with Crippen molar-refractivity contribution in [1.29, 1.82) is 0 Å². The molecule has 0 aliphatic heterocycles. The highest BCUT2D eigenvalue weighted by atomic mass is 16.5. The van der Waals surface area contributed by atoms with E-state index in [1.165, 1.54) is 5.56 Å². The van der Waals surface area contributed by atoms with Gasteiger partial charge in [-0.1, -0.05) is 60.7 Å². The second-order valence-electron chi connectivity index (χ2n) is 5.74. The minimum Gasteiger partial charge on any atom is -0.493 e. The third-order valence-electron chi connectivity index (χ3n) is 4.08. The zero-order valence-electron chi connectivity index (χ0n) is 13.4. The van der Waals surface area contributed by atoms with Crippen molar-refractivity contribution in [1.82, 2.24) is 0 Å². The van der Waals surface area contributed by atoms with E-state index in [2.05, 4.69) is 12.1 Å². The Morgan fingerprint density at radius 3 is 2.42 bits per heavy atom. The first-order chi connectivity index (χ1) is 11.7. The number of benzene rings is 3. The van der Waals surface area contributed by atoms with Crippen molar-refractivity contribution in [3.05, 3.63) is 77.9 Å². The number of rotatable bonds is 7. The van der Waals surface area contributed by atoms with Gasteiger partial charge in [0.1, 0.15) is 5.75 Å². The van der Waals surface area contributed by atoms with Crippen LogP contribution in [0, 0.1) is 0 Å². The number of carboxylic acids is 1. The molecule has 0 saturated carbocycles. The van der Waals surface area contributed by atoms with E-state index in [0.29, 0.717) is 13.0 Å². The summed E-state index contributed by atoms with van der Waals surface area (Å²) in [5, 5.41) is 11.2. The highest BCUT2D eigenvalue weighted by Gasteiger charge is 2.11. The van der Waals surface area contributed by atoms with Gasteiger partial charge in [0.05, 0.1) is 6.61 Å². The molecule has 0 fully saturated rings. The van der Waals surface area contributed by atoms with Gasteiger partial charge in [-0.3, -0.25) is 4.79 Å². The molecule has 0 amide bonds. The number of carboxylic acid groups (broad SMARTS) is 1. The Bertz CT molecular complexity index is 825. The summed E-state index contributed by atoms with van der Waals surface area (Å²) >= 11 is 0. The lowest BCUT2D eigenvalue weighted by atomic mass is 9.99. The van der Waals surface area contributed by atoms with Gasteiger partial charge in [0.15, 0.2) is 0 Å². The maximum Gasteiger partial charge on any atom is 0.303 e. The van der Waals surface area contributed by atoms with E-state index in [-0.39, 0.29) is 6.42 Å². The van der Waals surface area contributed by atoms with Crippen molar-refractivity contribution in [2.75, 3.05) is 6.61 Å². The Hall–Kier alpha value is -2.81. The molecule has 24 heavy (non-hydrogen) atoms. The van der Waals surface area contributed by atoms with Crippen LogP contribution in [0.2, 0.25) is 0 Å². The summed E-state index contributed by atoms with van der Waals surface area (Å²) in [7, 11) is 0. The van der Waals surface area contributed by atoms with Crippen LogP contribution in [-0.4, -0.2) is 17.7 Å². The molecule has 0 unspecified atom stereocenters. The van der Waals surface area contributed by atoms with Crippen molar-refractivity contribution in [2.24, 2.45) is 0 Å². The van der Waals surface area contributed by atoms with Crippen LogP contribution in [0.3, 0.4) is 0 Å². The Balaban J connectivity index is 1.80. The lowest BCUT2D eigenvalue weighted by Crippen LogP contribution is -2.05. The third kappa shape index (κ3) is 3.93. The lowest BCUT2D eigenvalue weighted by molar-refractivity contribution is -0.136. The fraction of sp³-hybridized carbons (Fsp3) is 0.190. The van der Waals surface area contributed by atoms with Crippen molar-refractivity contribution >= 4 is 16.7 Å². The van der Waals surface area contributed by atoms with Gasteiger partial charge in [-0.15, -0.1) is 0 Å². The van der Waals surface area contributed by atoms with Gasteiger partial charge in [-0.25, -0.2) is 0 Å². The van der Waals surface area contributed by atoms with Crippen LogP contribution in [-0.2, 0) is 17.6 Å². The molecule has 0 spiro atoms. The molecule has 0 saturated heterocycles. The second kappa shape index (κ2) is 7.64. The monoisotopic (exact) mass is 320 g/mol. The zero-order chi connectivity index (χ0) is 16.8. The third-order valence-corrected chi connectivity index (χ3v) is 4.08. The van der Waals surface area contributed by atoms with E-state index in [1.54, 1.807) is 0 Å². The average Bonchev–Trinajstić information content (AvgIpc) is 2.61. The van der Waals surface area contributed by atoms with Crippen LogP contribution in [0.25, 0.3) is 10.8 Å². The normalized spacial score (nSPS) is 10.7. The summed E-state index contributed by atoms with van der Waals surface area (Å²) in [6.45, 7) is 0.572. The van der Waals surface area contributed by atoms with Gasteiger partial charge in [0.25, 0.3) is 0 Å². The number of aryl methyl sites for hydroxylation is 1. The summed E-state index contributed by atoms with van der Waals surface area (Å²) in [5.74, 6) is -0.0101. The first-order valence-corrected chi connectivity index (χ1v) is 8.13. The Morgan fingerprint density at radius 2 is 1.62 bits per heavy atom. The predicted octanol–water partition coefficient (Wildman–Crippen LogP) is 4.48. The molecule has 0 aromatic heterocycles. The van der Waals surface area contributed by atoms with Crippen molar-refractivity contribution in [2.45, 2.75) is 19.3 Å². The largest absolute Gasteiger partial charge is 0.493 e. The van der Waals surface area contributed by atoms with E-state index >= 15 is 0 Å². The van der Waals surface area contributed by atoms with Gasteiger partial charge in [-0.2, -0.15) is 0 Å².